The van der Waals surface area contributed by atoms with Crippen LogP contribution < -0.4 is 0 Å². The summed E-state index contributed by atoms with van der Waals surface area (Å²) in [4.78, 5) is 0. The summed E-state index contributed by atoms with van der Waals surface area (Å²) in [5.74, 6) is 0. The Morgan fingerprint density at radius 2 is 1.47 bits per heavy atom. The van der Waals surface area contributed by atoms with Crippen molar-refractivity contribution in [3.05, 3.63) is 34.4 Å². The molecule has 0 radical (unpaired) electrons. The molecule has 0 aromatic heterocycles. The van der Waals surface area contributed by atoms with E-state index in [9.17, 15) is 5.11 Å². The molecule has 1 aliphatic rings. The van der Waals surface area contributed by atoms with E-state index in [1.54, 1.807) is 0 Å². The molecule has 96 valence electrons. The molecule has 1 nitrogen and oxygen atoms in total. The van der Waals surface area contributed by atoms with Crippen LogP contribution in [0.3, 0.4) is 0 Å². The van der Waals surface area contributed by atoms with Gasteiger partial charge in [-0.15, -0.1) is 0 Å². The quantitative estimate of drug-likeness (QED) is 0.660. The van der Waals surface area contributed by atoms with Crippen LogP contribution in [-0.4, -0.2) is 11.7 Å². The summed E-state index contributed by atoms with van der Waals surface area (Å²) < 4.78 is 0. The average Bonchev–Trinajstić information content (AvgIpc) is 2.33. The van der Waals surface area contributed by atoms with Crippen molar-refractivity contribution in [3.63, 3.8) is 0 Å². The van der Waals surface area contributed by atoms with Crippen molar-refractivity contribution in [1.82, 2.24) is 0 Å². The largest absolute Gasteiger partial charge is 0.392 e. The molecule has 0 aliphatic heterocycles. The molecular weight excluding hydrogens is 208 g/mol. The zero-order valence-electron chi connectivity index (χ0n) is 11.6. The van der Waals surface area contributed by atoms with Crippen molar-refractivity contribution in [2.45, 2.75) is 59.3 Å². The normalized spacial score (nSPS) is 26.4. The molecule has 1 heteroatoms. The van der Waals surface area contributed by atoms with Gasteiger partial charge in [-0.1, -0.05) is 28.9 Å². The van der Waals surface area contributed by atoms with E-state index in [1.165, 1.54) is 35.1 Å². The lowest BCUT2D eigenvalue weighted by Gasteiger charge is -2.11. The maximum Gasteiger partial charge on any atom is 0.0641 e. The van der Waals surface area contributed by atoms with Gasteiger partial charge >= 0.3 is 0 Å². The third kappa shape index (κ3) is 5.36. The van der Waals surface area contributed by atoms with E-state index in [2.05, 4.69) is 32.9 Å². The number of hydrogen-bond acceptors (Lipinski definition) is 1. The van der Waals surface area contributed by atoms with E-state index in [1.807, 2.05) is 0 Å². The second kappa shape index (κ2) is 7.50. The summed E-state index contributed by atoms with van der Waals surface area (Å²) in [5, 5.41) is 9.30. The Balaban J connectivity index is 2.78. The molecule has 0 spiro atoms. The molecule has 0 saturated heterocycles. The molecule has 0 amide bonds. The second-order valence-electron chi connectivity index (χ2n) is 5.21. The van der Waals surface area contributed by atoms with Gasteiger partial charge < -0.3 is 5.11 Å². The van der Waals surface area contributed by atoms with Crippen LogP contribution in [0.25, 0.3) is 0 Å². The van der Waals surface area contributed by atoms with Gasteiger partial charge in [0.15, 0.2) is 0 Å². The molecule has 0 heterocycles. The zero-order chi connectivity index (χ0) is 12.7. The first-order valence-corrected chi connectivity index (χ1v) is 6.73. The van der Waals surface area contributed by atoms with Gasteiger partial charge in [-0.3, -0.25) is 0 Å². The summed E-state index contributed by atoms with van der Waals surface area (Å²) in [5.41, 5.74) is 5.72. The molecule has 0 fully saturated rings. The predicted molar refractivity (Wildman–Crippen MR) is 75.0 cm³/mol. The third-order valence-electron chi connectivity index (χ3n) is 3.74. The minimum absolute atomic E-state index is 0.217. The van der Waals surface area contributed by atoms with Crippen LogP contribution in [-0.2, 0) is 0 Å². The molecule has 0 aromatic carbocycles. The Hall–Kier alpha value is -0.820. The van der Waals surface area contributed by atoms with E-state index in [4.69, 9.17) is 0 Å². The van der Waals surface area contributed by atoms with Gasteiger partial charge in [0.05, 0.1) is 6.61 Å². The minimum Gasteiger partial charge on any atom is -0.392 e. The van der Waals surface area contributed by atoms with E-state index in [0.717, 1.165) is 25.7 Å². The zero-order valence-corrected chi connectivity index (χ0v) is 11.6. The van der Waals surface area contributed by atoms with Gasteiger partial charge in [0.25, 0.3) is 0 Å². The number of hydrogen-bond donors (Lipinski definition) is 1. The number of rotatable bonds is 1. The summed E-state index contributed by atoms with van der Waals surface area (Å²) >= 11 is 0. The van der Waals surface area contributed by atoms with Crippen molar-refractivity contribution < 1.29 is 5.11 Å². The Morgan fingerprint density at radius 1 is 0.882 bits per heavy atom. The lowest BCUT2D eigenvalue weighted by Crippen LogP contribution is -1.95. The number of aliphatic hydroxyl groups is 1. The fourth-order valence-corrected chi connectivity index (χ4v) is 2.12. The van der Waals surface area contributed by atoms with Crippen LogP contribution in [0.15, 0.2) is 34.4 Å². The van der Waals surface area contributed by atoms with Gasteiger partial charge in [0.1, 0.15) is 0 Å². The topological polar surface area (TPSA) is 20.2 Å². The molecule has 17 heavy (non-hydrogen) atoms. The summed E-state index contributed by atoms with van der Waals surface area (Å²) in [6, 6.07) is 0. The Kier molecular flexibility index (Phi) is 6.28. The van der Waals surface area contributed by atoms with Crippen molar-refractivity contribution in [3.8, 4) is 0 Å². The van der Waals surface area contributed by atoms with E-state index < -0.39 is 0 Å². The van der Waals surface area contributed by atoms with Crippen LogP contribution in [0.2, 0.25) is 0 Å². The van der Waals surface area contributed by atoms with E-state index in [0.29, 0.717) is 0 Å². The highest BCUT2D eigenvalue weighted by Gasteiger charge is 2.02. The standard InChI is InChI=1S/C16H26O/c1-13-6-4-5-7-16(12-17)11-10-15(3)14(2)9-8-13/h6-7,17H,4-5,8-12H2,1-3H3/b13-6+,15-14?,16-7-. The van der Waals surface area contributed by atoms with Gasteiger partial charge in [0.2, 0.25) is 0 Å². The van der Waals surface area contributed by atoms with Gasteiger partial charge in [-0.05, 0) is 64.9 Å². The SMILES string of the molecule is CC1=C(C)CC/C(C)=C/CC/C=C(\CO)CC1. The smallest absolute Gasteiger partial charge is 0.0641 e. The van der Waals surface area contributed by atoms with Crippen molar-refractivity contribution in [2.75, 3.05) is 6.61 Å². The first kappa shape index (κ1) is 14.2. The molecule has 0 bridgehead atoms. The first-order chi connectivity index (χ1) is 8.13. The summed E-state index contributed by atoms with van der Waals surface area (Å²) in [7, 11) is 0. The molecule has 1 aliphatic carbocycles. The average molecular weight is 234 g/mol. The highest BCUT2D eigenvalue weighted by Crippen LogP contribution is 2.21. The molecule has 0 unspecified atom stereocenters. The minimum atomic E-state index is 0.217. The van der Waals surface area contributed by atoms with Crippen LogP contribution in [0, 0.1) is 0 Å². The van der Waals surface area contributed by atoms with Crippen molar-refractivity contribution in [1.29, 1.82) is 0 Å². The van der Waals surface area contributed by atoms with Crippen LogP contribution in [0.5, 0.6) is 0 Å². The Bertz CT molecular complexity index is 331. The van der Waals surface area contributed by atoms with Crippen LogP contribution in [0.4, 0.5) is 0 Å². The predicted octanol–water partition coefficient (Wildman–Crippen LogP) is 4.54. The fraction of sp³-hybridized carbons (Fsp3) is 0.625. The highest BCUT2D eigenvalue weighted by molar-refractivity contribution is 5.15. The van der Waals surface area contributed by atoms with Crippen LogP contribution in [0.1, 0.15) is 59.3 Å². The molecular formula is C16H26O. The summed E-state index contributed by atoms with van der Waals surface area (Å²) in [6.07, 6.45) is 11.2. The molecule has 0 saturated carbocycles. The van der Waals surface area contributed by atoms with Crippen LogP contribution >= 0.6 is 0 Å². The Morgan fingerprint density at radius 3 is 2.12 bits per heavy atom. The second-order valence-corrected chi connectivity index (χ2v) is 5.21. The Labute approximate surface area is 106 Å². The monoisotopic (exact) mass is 234 g/mol. The molecule has 1 rings (SSSR count). The number of allylic oxidation sites excluding steroid dienone is 5. The van der Waals surface area contributed by atoms with Gasteiger partial charge in [-0.2, -0.15) is 0 Å². The van der Waals surface area contributed by atoms with E-state index in [-0.39, 0.29) is 6.61 Å². The van der Waals surface area contributed by atoms with Gasteiger partial charge in [-0.25, -0.2) is 0 Å². The van der Waals surface area contributed by atoms with Crippen molar-refractivity contribution in [2.24, 2.45) is 0 Å². The number of aliphatic hydroxyl groups excluding tert-OH is 1. The molecule has 0 atom stereocenters. The maximum absolute atomic E-state index is 9.30. The first-order valence-electron chi connectivity index (χ1n) is 6.73. The lowest BCUT2D eigenvalue weighted by molar-refractivity contribution is 0.326. The fourth-order valence-electron chi connectivity index (χ4n) is 2.12. The summed E-state index contributed by atoms with van der Waals surface area (Å²) in [6.45, 7) is 6.92. The lowest BCUT2D eigenvalue weighted by atomic mass is 9.96. The molecule has 1 N–H and O–H groups in total. The van der Waals surface area contributed by atoms with Crippen molar-refractivity contribution >= 4 is 0 Å². The molecule has 0 aromatic rings. The maximum atomic E-state index is 9.30. The van der Waals surface area contributed by atoms with Gasteiger partial charge in [0, 0.05) is 0 Å². The third-order valence-corrected chi connectivity index (χ3v) is 3.74. The van der Waals surface area contributed by atoms with E-state index >= 15 is 0 Å². The highest BCUT2D eigenvalue weighted by atomic mass is 16.3.